The maximum absolute atomic E-state index is 12.5. The number of phenols is 1. The van der Waals surface area contributed by atoms with Crippen molar-refractivity contribution in [3.63, 3.8) is 0 Å². The molecule has 0 saturated carbocycles. The first-order valence-electron chi connectivity index (χ1n) is 7.77. The standard InChI is InChI=1S/C17H17N5O3S/c1-11(16(24)18-14-5-3-4-6-15(14)25-2)26-17-19-20-21-22(17)12-7-9-13(23)10-8-12/h3-11,23H,1-2H3,(H,18,24)/t11-/m1/s1. The third kappa shape index (κ3) is 3.94. The van der Waals surface area contributed by atoms with Gasteiger partial charge in [0, 0.05) is 0 Å². The molecule has 0 aliphatic heterocycles. The van der Waals surface area contributed by atoms with Gasteiger partial charge in [-0.25, -0.2) is 0 Å². The van der Waals surface area contributed by atoms with Crippen LogP contribution >= 0.6 is 11.8 Å². The molecule has 1 aromatic heterocycles. The number of methoxy groups -OCH3 is 1. The van der Waals surface area contributed by atoms with Crippen LogP contribution in [0.5, 0.6) is 11.5 Å². The lowest BCUT2D eigenvalue weighted by atomic mass is 10.3. The zero-order valence-electron chi connectivity index (χ0n) is 14.2. The zero-order chi connectivity index (χ0) is 18.5. The highest BCUT2D eigenvalue weighted by Crippen LogP contribution is 2.27. The largest absolute Gasteiger partial charge is 0.508 e. The van der Waals surface area contributed by atoms with Crippen LogP contribution in [-0.4, -0.2) is 43.6 Å². The molecule has 0 fully saturated rings. The van der Waals surface area contributed by atoms with Gasteiger partial charge in [-0.15, -0.1) is 5.10 Å². The Labute approximate surface area is 154 Å². The predicted molar refractivity (Wildman–Crippen MR) is 97.8 cm³/mol. The Kier molecular flexibility index (Phi) is 5.37. The van der Waals surface area contributed by atoms with Crippen molar-refractivity contribution >= 4 is 23.4 Å². The minimum absolute atomic E-state index is 0.153. The van der Waals surface area contributed by atoms with Gasteiger partial charge in [-0.2, -0.15) is 4.68 Å². The first-order chi connectivity index (χ1) is 12.6. The second kappa shape index (κ2) is 7.87. The molecular formula is C17H17N5O3S. The Bertz CT molecular complexity index is 897. The van der Waals surface area contributed by atoms with Crippen molar-refractivity contribution in [2.75, 3.05) is 12.4 Å². The molecule has 2 N–H and O–H groups in total. The van der Waals surface area contributed by atoms with Gasteiger partial charge in [0.1, 0.15) is 11.5 Å². The van der Waals surface area contributed by atoms with Crippen LogP contribution in [0, 0.1) is 0 Å². The molecule has 9 heteroatoms. The lowest BCUT2D eigenvalue weighted by Gasteiger charge is -2.13. The number of anilines is 1. The summed E-state index contributed by atoms with van der Waals surface area (Å²) in [7, 11) is 1.55. The van der Waals surface area contributed by atoms with Crippen LogP contribution in [0.15, 0.2) is 53.7 Å². The predicted octanol–water partition coefficient (Wildman–Crippen LogP) is 2.50. The van der Waals surface area contributed by atoms with Crippen molar-refractivity contribution in [2.45, 2.75) is 17.3 Å². The molecule has 2 aromatic carbocycles. The number of ether oxygens (including phenoxy) is 1. The third-order valence-corrected chi connectivity index (χ3v) is 4.58. The van der Waals surface area contributed by atoms with E-state index >= 15 is 0 Å². The van der Waals surface area contributed by atoms with Crippen molar-refractivity contribution in [3.8, 4) is 17.2 Å². The number of aromatic hydroxyl groups is 1. The second-order valence-corrected chi connectivity index (χ2v) is 6.65. The summed E-state index contributed by atoms with van der Waals surface area (Å²) in [6.45, 7) is 1.77. The molecule has 1 heterocycles. The highest BCUT2D eigenvalue weighted by Gasteiger charge is 2.20. The van der Waals surface area contributed by atoms with E-state index in [-0.39, 0.29) is 11.7 Å². The SMILES string of the molecule is COc1ccccc1NC(=O)[C@@H](C)Sc1nnnn1-c1ccc(O)cc1. The normalized spacial score (nSPS) is 11.8. The Balaban J connectivity index is 1.72. The number of carbonyl (C=O) groups excluding carboxylic acids is 1. The molecule has 134 valence electrons. The summed E-state index contributed by atoms with van der Waals surface area (Å²) in [6, 6.07) is 13.7. The van der Waals surface area contributed by atoms with Crippen LogP contribution in [-0.2, 0) is 4.79 Å². The molecule has 1 atom stereocenters. The van der Waals surface area contributed by atoms with E-state index in [2.05, 4.69) is 20.8 Å². The third-order valence-electron chi connectivity index (χ3n) is 3.55. The van der Waals surface area contributed by atoms with Gasteiger partial charge in [0.2, 0.25) is 11.1 Å². The molecule has 3 aromatic rings. The van der Waals surface area contributed by atoms with Crippen molar-refractivity contribution in [3.05, 3.63) is 48.5 Å². The number of thioether (sulfide) groups is 1. The van der Waals surface area contributed by atoms with Gasteiger partial charge in [-0.3, -0.25) is 4.79 Å². The Morgan fingerprint density at radius 1 is 1.23 bits per heavy atom. The Hall–Kier alpha value is -3.07. The van der Waals surface area contributed by atoms with Crippen molar-refractivity contribution in [1.29, 1.82) is 0 Å². The van der Waals surface area contributed by atoms with Crippen molar-refractivity contribution < 1.29 is 14.6 Å². The summed E-state index contributed by atoms with van der Waals surface area (Å²) in [5, 5.41) is 23.9. The van der Waals surface area contributed by atoms with Gasteiger partial charge in [-0.05, 0) is 53.7 Å². The van der Waals surface area contributed by atoms with Crippen LogP contribution in [0.1, 0.15) is 6.92 Å². The molecule has 1 amide bonds. The van der Waals surface area contributed by atoms with Crippen LogP contribution < -0.4 is 10.1 Å². The Morgan fingerprint density at radius 3 is 2.69 bits per heavy atom. The molecule has 26 heavy (non-hydrogen) atoms. The van der Waals surface area contributed by atoms with Gasteiger partial charge in [0.15, 0.2) is 0 Å². The summed E-state index contributed by atoms with van der Waals surface area (Å²) in [4.78, 5) is 12.5. The fourth-order valence-corrected chi connectivity index (χ4v) is 3.01. The molecular weight excluding hydrogens is 354 g/mol. The van der Waals surface area contributed by atoms with E-state index in [1.54, 1.807) is 50.4 Å². The lowest BCUT2D eigenvalue weighted by molar-refractivity contribution is -0.115. The molecule has 0 unspecified atom stereocenters. The number of nitrogens with zero attached hydrogens (tertiary/aromatic N) is 4. The molecule has 3 rings (SSSR count). The van der Waals surface area contributed by atoms with Crippen LogP contribution in [0.25, 0.3) is 5.69 Å². The number of tetrazole rings is 1. The maximum atomic E-state index is 12.5. The summed E-state index contributed by atoms with van der Waals surface area (Å²) in [5.41, 5.74) is 1.29. The number of nitrogens with one attached hydrogen (secondary N) is 1. The van der Waals surface area contributed by atoms with Gasteiger partial charge in [0.25, 0.3) is 0 Å². The van der Waals surface area contributed by atoms with E-state index in [0.717, 1.165) is 0 Å². The number of phenolic OH excluding ortho intramolecular Hbond substituents is 1. The number of hydrogen-bond acceptors (Lipinski definition) is 7. The van der Waals surface area contributed by atoms with E-state index < -0.39 is 5.25 Å². The zero-order valence-corrected chi connectivity index (χ0v) is 15.0. The molecule has 0 aliphatic rings. The van der Waals surface area contributed by atoms with Gasteiger partial charge < -0.3 is 15.2 Å². The van der Waals surface area contributed by atoms with E-state index in [1.165, 1.54) is 16.4 Å². The number of aromatic nitrogens is 4. The fourth-order valence-electron chi connectivity index (χ4n) is 2.20. The van der Waals surface area contributed by atoms with Crippen LogP contribution in [0.3, 0.4) is 0 Å². The Morgan fingerprint density at radius 2 is 1.96 bits per heavy atom. The van der Waals surface area contributed by atoms with E-state index in [9.17, 15) is 9.90 Å². The molecule has 0 bridgehead atoms. The number of hydrogen-bond donors (Lipinski definition) is 2. The van der Waals surface area contributed by atoms with Gasteiger partial charge >= 0.3 is 0 Å². The molecule has 0 spiro atoms. The number of rotatable bonds is 6. The smallest absolute Gasteiger partial charge is 0.237 e. The van der Waals surface area contributed by atoms with Crippen LogP contribution in [0.4, 0.5) is 5.69 Å². The number of amides is 1. The van der Waals surface area contributed by atoms with Crippen molar-refractivity contribution in [2.24, 2.45) is 0 Å². The van der Waals surface area contributed by atoms with Crippen molar-refractivity contribution in [1.82, 2.24) is 20.2 Å². The topological polar surface area (TPSA) is 102 Å². The quantitative estimate of drug-likeness (QED) is 0.642. The number of benzene rings is 2. The summed E-state index contributed by atoms with van der Waals surface area (Å²) >= 11 is 1.23. The average Bonchev–Trinajstić information content (AvgIpc) is 3.10. The van der Waals surface area contributed by atoms with E-state index in [1.807, 2.05) is 12.1 Å². The molecule has 0 radical (unpaired) electrons. The lowest BCUT2D eigenvalue weighted by Crippen LogP contribution is -2.23. The minimum atomic E-state index is -0.443. The summed E-state index contributed by atoms with van der Waals surface area (Å²) in [5.74, 6) is 0.548. The highest BCUT2D eigenvalue weighted by molar-refractivity contribution is 8.00. The molecule has 0 saturated heterocycles. The molecule has 8 nitrogen and oxygen atoms in total. The first kappa shape index (κ1) is 17.7. The highest BCUT2D eigenvalue weighted by atomic mass is 32.2. The summed E-state index contributed by atoms with van der Waals surface area (Å²) in [6.07, 6.45) is 0. The average molecular weight is 371 g/mol. The first-order valence-corrected chi connectivity index (χ1v) is 8.65. The second-order valence-electron chi connectivity index (χ2n) is 5.34. The maximum Gasteiger partial charge on any atom is 0.237 e. The summed E-state index contributed by atoms with van der Waals surface area (Å²) < 4.78 is 6.75. The minimum Gasteiger partial charge on any atom is -0.508 e. The monoisotopic (exact) mass is 371 g/mol. The number of carbonyl (C=O) groups is 1. The van der Waals surface area contributed by atoms with E-state index in [0.29, 0.717) is 22.3 Å². The van der Waals surface area contributed by atoms with Gasteiger partial charge in [-0.1, -0.05) is 23.9 Å². The number of para-hydroxylation sites is 2. The van der Waals surface area contributed by atoms with Gasteiger partial charge in [0.05, 0.1) is 23.7 Å². The fraction of sp³-hybridized carbons (Fsp3) is 0.176. The van der Waals surface area contributed by atoms with E-state index in [4.69, 9.17) is 4.74 Å². The van der Waals surface area contributed by atoms with Crippen LogP contribution in [0.2, 0.25) is 0 Å². The molecule has 0 aliphatic carbocycles.